The number of amides is 7. The molecular formula is C41H53F2N7O9. The Morgan fingerprint density at radius 3 is 2.22 bits per heavy atom. The Balaban J connectivity index is 1.51. The van der Waals surface area contributed by atoms with Gasteiger partial charge in [-0.15, -0.1) is 0 Å². The van der Waals surface area contributed by atoms with E-state index in [0.29, 0.717) is 18.2 Å². The SMILES string of the molecule is CCc1ccc(NC(=O)NC(Cc2cc(F)cc(F)c2)C(=O)N[C@@H]2C(=O)N3CCCC3C(=O)N(C)[C@@H]([C@H](C)O)C(=O)N[C@@H](C)C(=O)N3C[C@H](C)CC3C(=O)O[C@H]2C)cc1. The van der Waals surface area contributed by atoms with Gasteiger partial charge >= 0.3 is 12.0 Å². The van der Waals surface area contributed by atoms with E-state index in [1.54, 1.807) is 24.3 Å². The lowest BCUT2D eigenvalue weighted by atomic mass is 10.0. The second kappa shape index (κ2) is 18.9. The number of urea groups is 1. The van der Waals surface area contributed by atoms with Gasteiger partial charge < -0.3 is 45.8 Å². The van der Waals surface area contributed by atoms with E-state index in [4.69, 9.17) is 4.74 Å². The van der Waals surface area contributed by atoms with Crippen LogP contribution in [0.25, 0.3) is 0 Å². The Morgan fingerprint density at radius 1 is 0.932 bits per heavy atom. The number of aliphatic hydroxyl groups excluding tert-OH is 1. The summed E-state index contributed by atoms with van der Waals surface area (Å²) in [6.45, 7) is 8.04. The molecule has 0 aliphatic carbocycles. The van der Waals surface area contributed by atoms with E-state index in [1.807, 2.05) is 13.8 Å². The van der Waals surface area contributed by atoms with Crippen molar-refractivity contribution in [1.29, 1.82) is 0 Å². The molecule has 3 aliphatic heterocycles. The molecule has 3 aliphatic rings. The molecule has 5 rings (SSSR count). The summed E-state index contributed by atoms with van der Waals surface area (Å²) in [5, 5.41) is 21.0. The summed E-state index contributed by atoms with van der Waals surface area (Å²) in [7, 11) is 1.30. The zero-order valence-corrected chi connectivity index (χ0v) is 34.0. The third kappa shape index (κ3) is 10.5. The third-order valence-electron chi connectivity index (χ3n) is 11.0. The van der Waals surface area contributed by atoms with Gasteiger partial charge in [0, 0.05) is 38.3 Å². The van der Waals surface area contributed by atoms with Crippen molar-refractivity contribution in [2.45, 2.75) is 115 Å². The monoisotopic (exact) mass is 825 g/mol. The Kier molecular flexibility index (Phi) is 14.3. The van der Waals surface area contributed by atoms with Crippen molar-refractivity contribution in [2.24, 2.45) is 5.92 Å². The molecule has 3 unspecified atom stereocenters. The molecule has 3 fully saturated rings. The minimum Gasteiger partial charge on any atom is -0.458 e. The van der Waals surface area contributed by atoms with Crippen molar-refractivity contribution >= 4 is 47.2 Å². The number of nitrogens with zero attached hydrogens (tertiary/aromatic N) is 3. The molecule has 3 heterocycles. The zero-order chi connectivity index (χ0) is 43.3. The van der Waals surface area contributed by atoms with Crippen LogP contribution in [0.4, 0.5) is 19.3 Å². The number of nitrogens with one attached hydrogen (secondary N) is 4. The average molecular weight is 826 g/mol. The van der Waals surface area contributed by atoms with E-state index >= 15 is 0 Å². The van der Waals surface area contributed by atoms with Gasteiger partial charge in [0.25, 0.3) is 0 Å². The summed E-state index contributed by atoms with van der Waals surface area (Å²) in [5.41, 5.74) is 1.39. The number of aliphatic hydroxyl groups is 1. The van der Waals surface area contributed by atoms with Crippen molar-refractivity contribution in [3.05, 3.63) is 65.2 Å². The fourth-order valence-electron chi connectivity index (χ4n) is 7.97. The van der Waals surface area contributed by atoms with Gasteiger partial charge in [-0.25, -0.2) is 18.4 Å². The largest absolute Gasteiger partial charge is 0.458 e. The summed E-state index contributed by atoms with van der Waals surface area (Å²) in [6, 6.07) is 0.519. The molecule has 16 nitrogen and oxygen atoms in total. The molecule has 0 saturated carbocycles. The number of cyclic esters (lactones) is 1. The maximum absolute atomic E-state index is 14.6. The van der Waals surface area contributed by atoms with Crippen LogP contribution in [0, 0.1) is 17.6 Å². The molecule has 2 aromatic rings. The van der Waals surface area contributed by atoms with E-state index < -0.39 is 108 Å². The Labute approximate surface area is 341 Å². The molecule has 2 aromatic carbocycles. The first-order valence-electron chi connectivity index (χ1n) is 19.9. The lowest BCUT2D eigenvalue weighted by Gasteiger charge is -2.37. The van der Waals surface area contributed by atoms with E-state index in [-0.39, 0.29) is 37.4 Å². The van der Waals surface area contributed by atoms with Crippen molar-refractivity contribution < 1.29 is 52.2 Å². The number of fused-ring (bicyclic) bond motifs is 2. The molecular weight excluding hydrogens is 772 g/mol. The van der Waals surface area contributed by atoms with Gasteiger partial charge in [-0.2, -0.15) is 0 Å². The lowest BCUT2D eigenvalue weighted by Crippen LogP contribution is -2.63. The van der Waals surface area contributed by atoms with Gasteiger partial charge in [0.2, 0.25) is 29.5 Å². The van der Waals surface area contributed by atoms with Crippen molar-refractivity contribution in [3.63, 3.8) is 0 Å². The number of anilines is 1. The molecule has 18 heteroatoms. The highest BCUT2D eigenvalue weighted by atomic mass is 19.1. The number of rotatable bonds is 8. The van der Waals surface area contributed by atoms with E-state index in [1.165, 1.54) is 37.6 Å². The molecule has 5 N–H and O–H groups in total. The Morgan fingerprint density at radius 2 is 1.59 bits per heavy atom. The summed E-state index contributed by atoms with van der Waals surface area (Å²) >= 11 is 0. The van der Waals surface area contributed by atoms with Crippen LogP contribution in [0.3, 0.4) is 0 Å². The lowest BCUT2D eigenvalue weighted by molar-refractivity contribution is -0.163. The van der Waals surface area contributed by atoms with Crippen LogP contribution in [-0.2, 0) is 46.3 Å². The number of hydrogen-bond donors (Lipinski definition) is 5. The molecule has 0 radical (unpaired) electrons. The highest BCUT2D eigenvalue weighted by molar-refractivity contribution is 5.98. The predicted molar refractivity (Wildman–Crippen MR) is 209 cm³/mol. The first kappa shape index (κ1) is 44.5. The Hall–Kier alpha value is -5.65. The zero-order valence-electron chi connectivity index (χ0n) is 34.0. The molecule has 0 bridgehead atoms. The van der Waals surface area contributed by atoms with Gasteiger partial charge in [-0.3, -0.25) is 24.0 Å². The third-order valence-corrected chi connectivity index (χ3v) is 11.0. The number of carbonyl (C=O) groups is 7. The highest BCUT2D eigenvalue weighted by Gasteiger charge is 2.47. The number of aryl methyl sites for hydroxylation is 1. The van der Waals surface area contributed by atoms with Gasteiger partial charge in [0.15, 0.2) is 0 Å². The van der Waals surface area contributed by atoms with Crippen LogP contribution < -0.4 is 21.3 Å². The second-order valence-electron chi connectivity index (χ2n) is 15.7. The Bertz CT molecular complexity index is 1910. The summed E-state index contributed by atoms with van der Waals surface area (Å²) in [6.07, 6.45) is -1.83. The minimum atomic E-state index is -1.69. The van der Waals surface area contributed by atoms with Gasteiger partial charge in [-0.1, -0.05) is 26.0 Å². The summed E-state index contributed by atoms with van der Waals surface area (Å²) in [4.78, 5) is 101. The van der Waals surface area contributed by atoms with Crippen LogP contribution in [0.15, 0.2) is 42.5 Å². The van der Waals surface area contributed by atoms with Gasteiger partial charge in [0.05, 0.1) is 6.10 Å². The van der Waals surface area contributed by atoms with E-state index in [0.717, 1.165) is 29.0 Å². The number of ether oxygens (including phenoxy) is 1. The van der Waals surface area contributed by atoms with Crippen LogP contribution in [0.2, 0.25) is 0 Å². The molecule has 3 saturated heterocycles. The number of halogens is 2. The van der Waals surface area contributed by atoms with Crippen molar-refractivity contribution in [2.75, 3.05) is 25.5 Å². The number of likely N-dealkylation sites (N-methyl/N-ethyl adjacent to an activating group) is 1. The number of benzene rings is 2. The highest BCUT2D eigenvalue weighted by Crippen LogP contribution is 2.27. The first-order valence-corrected chi connectivity index (χ1v) is 19.9. The fraction of sp³-hybridized carbons (Fsp3) is 0.537. The molecule has 0 aromatic heterocycles. The predicted octanol–water partition coefficient (Wildman–Crippen LogP) is 1.63. The van der Waals surface area contributed by atoms with E-state index in [9.17, 15) is 47.4 Å². The maximum Gasteiger partial charge on any atom is 0.329 e. The first-order chi connectivity index (χ1) is 27.9. The molecule has 7 amide bonds. The quantitative estimate of drug-likeness (QED) is 0.245. The van der Waals surface area contributed by atoms with Crippen LogP contribution in [-0.4, -0.2) is 130 Å². The summed E-state index contributed by atoms with van der Waals surface area (Å²) < 4.78 is 34.5. The normalized spacial score (nSPS) is 26.7. The topological polar surface area (TPSA) is 207 Å². The molecule has 59 heavy (non-hydrogen) atoms. The molecule has 9 atom stereocenters. The van der Waals surface area contributed by atoms with E-state index in [2.05, 4.69) is 21.3 Å². The van der Waals surface area contributed by atoms with Crippen molar-refractivity contribution in [1.82, 2.24) is 30.7 Å². The number of esters is 1. The minimum absolute atomic E-state index is 0.00155. The van der Waals surface area contributed by atoms with Crippen molar-refractivity contribution in [3.8, 4) is 0 Å². The molecule has 320 valence electrons. The summed E-state index contributed by atoms with van der Waals surface area (Å²) in [5.74, 6) is -6.90. The van der Waals surface area contributed by atoms with Crippen LogP contribution in [0.5, 0.6) is 0 Å². The van der Waals surface area contributed by atoms with Gasteiger partial charge in [0.1, 0.15) is 54.0 Å². The molecule has 0 spiro atoms. The smallest absolute Gasteiger partial charge is 0.329 e. The average Bonchev–Trinajstić information content (AvgIpc) is 3.82. The number of hydrogen-bond acceptors (Lipinski definition) is 9. The standard InChI is InChI=1S/C41H53F2N7O9/c1-7-25-10-12-29(13-11-25)45-41(58)46-30(18-26-16-27(42)19-28(43)17-26)35(52)47-33-24(5)59-40(57)32-15-21(2)20-50(32)37(54)22(3)44-36(53)34(23(4)51)48(6)38(55)31-9-8-14-49(31)39(33)56/h10-13,16-17,19,21-24,30-34,51H,7-9,14-15,18,20H2,1-6H3,(H,44,53)(H,47,52)(H2,45,46,58)/t21-,22+,23+,24+,30?,31?,32?,33+,34+/m1/s1. The number of carbonyl (C=O) groups excluding carboxylic acids is 7. The van der Waals surface area contributed by atoms with Crippen LogP contribution in [0.1, 0.15) is 65.0 Å². The van der Waals surface area contributed by atoms with Gasteiger partial charge in [-0.05, 0) is 87.8 Å². The van der Waals surface area contributed by atoms with Crippen LogP contribution >= 0.6 is 0 Å². The fourth-order valence-corrected chi connectivity index (χ4v) is 7.97. The maximum atomic E-state index is 14.6. The second-order valence-corrected chi connectivity index (χ2v) is 15.7.